The van der Waals surface area contributed by atoms with Gasteiger partial charge in [-0.2, -0.15) is 0 Å². The zero-order valence-corrected chi connectivity index (χ0v) is 29.9. The Kier molecular flexibility index (Phi) is 7.53. The highest BCUT2D eigenvalue weighted by atomic mass is 16.7. The lowest BCUT2D eigenvalue weighted by Gasteiger charge is -2.64. The Morgan fingerprint density at radius 1 is 1.00 bits per heavy atom. The average molecular weight is 660 g/mol. The van der Waals surface area contributed by atoms with Gasteiger partial charge in [-0.3, -0.25) is 9.69 Å². The van der Waals surface area contributed by atoms with Crippen molar-refractivity contribution in [2.75, 3.05) is 26.3 Å². The number of hydrogen-bond donors (Lipinski definition) is 3. The molecule has 9 nitrogen and oxygen atoms in total. The lowest BCUT2D eigenvalue weighted by Crippen LogP contribution is -2.60. The van der Waals surface area contributed by atoms with E-state index in [4.69, 9.17) is 18.9 Å². The van der Waals surface area contributed by atoms with Gasteiger partial charge < -0.3 is 34.3 Å². The zero-order valence-electron chi connectivity index (χ0n) is 29.9. The van der Waals surface area contributed by atoms with Crippen LogP contribution in [-0.4, -0.2) is 101 Å². The van der Waals surface area contributed by atoms with E-state index in [9.17, 15) is 20.1 Å². The van der Waals surface area contributed by atoms with Gasteiger partial charge in [0, 0.05) is 18.4 Å². The standard InChI is InChI=1S/C38H61NO8/c1-21-18-23(30(40)34(4,5)43)46-29-28(21)35(6)13-14-38-20-37(38)12-10-26(33(2,3)24(37)8-9-25(38)36(35,7)31(29)41)47-27-19-39(15-17-44-27)22-11-16-45-32(22)42/h21-31,40-41,43H,8-20H2,1-7H3/t21-,22?,23?,24+,25?,26?,27+,28+,29?,30?,31+,35?,36-,37?,38?/m1/s1. The van der Waals surface area contributed by atoms with E-state index in [2.05, 4.69) is 39.5 Å². The summed E-state index contributed by atoms with van der Waals surface area (Å²) in [6.45, 7) is 17.7. The highest BCUT2D eigenvalue weighted by Crippen LogP contribution is 2.89. The van der Waals surface area contributed by atoms with Crippen LogP contribution in [0.4, 0.5) is 0 Å². The van der Waals surface area contributed by atoms with Crippen LogP contribution in [0, 0.1) is 50.7 Å². The third-order valence-electron chi connectivity index (χ3n) is 16.6. The maximum absolute atomic E-state index is 12.4. The van der Waals surface area contributed by atoms with Crippen molar-refractivity contribution in [2.24, 2.45) is 50.7 Å². The quantitative estimate of drug-likeness (QED) is 0.372. The summed E-state index contributed by atoms with van der Waals surface area (Å²) in [5, 5.41) is 34.1. The molecule has 9 heteroatoms. The van der Waals surface area contributed by atoms with Gasteiger partial charge in [-0.15, -0.1) is 0 Å². The molecular weight excluding hydrogens is 598 g/mol. The van der Waals surface area contributed by atoms with Gasteiger partial charge in [0.15, 0.2) is 6.29 Å². The Morgan fingerprint density at radius 2 is 1.72 bits per heavy atom. The lowest BCUT2D eigenvalue weighted by atomic mass is 9.41. The zero-order chi connectivity index (χ0) is 33.5. The predicted octanol–water partition coefficient (Wildman–Crippen LogP) is 4.29. The van der Waals surface area contributed by atoms with E-state index in [0.29, 0.717) is 43.9 Å². The number of morpholine rings is 1. The molecular formula is C38H61NO8. The van der Waals surface area contributed by atoms with Crippen molar-refractivity contribution < 1.29 is 39.1 Å². The van der Waals surface area contributed by atoms with Crippen molar-refractivity contribution in [1.29, 1.82) is 0 Å². The minimum Gasteiger partial charge on any atom is -0.464 e. The van der Waals surface area contributed by atoms with Gasteiger partial charge >= 0.3 is 5.97 Å². The van der Waals surface area contributed by atoms with Crippen LogP contribution in [0.5, 0.6) is 0 Å². The maximum Gasteiger partial charge on any atom is 0.323 e. The van der Waals surface area contributed by atoms with E-state index in [1.807, 2.05) is 0 Å². The van der Waals surface area contributed by atoms with Gasteiger partial charge in [0.1, 0.15) is 12.1 Å². The van der Waals surface area contributed by atoms with E-state index < -0.39 is 23.9 Å². The number of carbonyl (C=O) groups excluding carboxylic acids is 1. The van der Waals surface area contributed by atoms with E-state index in [-0.39, 0.29) is 63.5 Å². The number of esters is 1. The van der Waals surface area contributed by atoms with Crippen molar-refractivity contribution in [3.8, 4) is 0 Å². The Hall–Kier alpha value is -0.810. The maximum atomic E-state index is 12.4. The molecule has 8 fully saturated rings. The molecule has 2 spiro atoms. The second-order valence-corrected chi connectivity index (χ2v) is 19.0. The summed E-state index contributed by atoms with van der Waals surface area (Å²) in [6.07, 6.45) is 6.87. The van der Waals surface area contributed by atoms with Crippen LogP contribution < -0.4 is 0 Å². The summed E-state index contributed by atoms with van der Waals surface area (Å²) in [4.78, 5) is 14.5. The second-order valence-electron chi connectivity index (χ2n) is 19.0. The molecule has 8 aliphatic rings. The van der Waals surface area contributed by atoms with Crippen LogP contribution in [0.3, 0.4) is 0 Å². The Bertz CT molecular complexity index is 1270. The van der Waals surface area contributed by atoms with Crippen LogP contribution >= 0.6 is 0 Å². The van der Waals surface area contributed by atoms with Crippen molar-refractivity contribution in [3.05, 3.63) is 0 Å². The van der Waals surface area contributed by atoms with Gasteiger partial charge in [-0.1, -0.05) is 34.6 Å². The number of ether oxygens (including phenoxy) is 4. The SMILES string of the molecule is C[C@@H]1CC(C(O)C(C)(C)O)OC2[C@H]1C1(C)CCC34CC35CCC(O[C@H]3CN(C6CCOC6=O)CCO3)C(C)(C)[C@@H]5CCC4[C@]1(C)[C@H]2O. The third-order valence-corrected chi connectivity index (χ3v) is 16.6. The first-order chi connectivity index (χ1) is 22.0. The van der Waals surface area contributed by atoms with E-state index in [1.165, 1.54) is 12.8 Å². The molecule has 3 saturated heterocycles. The fraction of sp³-hybridized carbons (Fsp3) is 0.974. The topological polar surface area (TPSA) is 118 Å². The number of rotatable bonds is 5. The predicted molar refractivity (Wildman–Crippen MR) is 174 cm³/mol. The molecule has 5 aliphatic carbocycles. The van der Waals surface area contributed by atoms with E-state index >= 15 is 0 Å². The molecule has 0 radical (unpaired) electrons. The first kappa shape index (κ1) is 33.3. The van der Waals surface area contributed by atoms with Gasteiger partial charge in [-0.05, 0) is 111 Å². The lowest BCUT2D eigenvalue weighted by molar-refractivity contribution is -0.250. The minimum atomic E-state index is -1.26. The van der Waals surface area contributed by atoms with E-state index in [0.717, 1.165) is 45.1 Å². The number of hydrogen-bond acceptors (Lipinski definition) is 9. The molecule has 47 heavy (non-hydrogen) atoms. The monoisotopic (exact) mass is 659 g/mol. The molecule has 5 saturated carbocycles. The molecule has 0 aromatic carbocycles. The van der Waals surface area contributed by atoms with Crippen molar-refractivity contribution in [2.45, 2.75) is 155 Å². The fourth-order valence-electron chi connectivity index (χ4n) is 14.2. The van der Waals surface area contributed by atoms with Crippen LogP contribution in [0.2, 0.25) is 0 Å². The number of aliphatic hydroxyl groups excluding tert-OH is 2. The summed E-state index contributed by atoms with van der Waals surface area (Å²) in [7, 11) is 0. The Morgan fingerprint density at radius 3 is 2.43 bits per heavy atom. The van der Waals surface area contributed by atoms with Gasteiger partial charge in [0.05, 0.1) is 49.8 Å². The molecule has 0 amide bonds. The summed E-state index contributed by atoms with van der Waals surface area (Å²) in [5.74, 6) is 1.41. The molecule has 9 unspecified atom stereocenters. The van der Waals surface area contributed by atoms with Crippen LogP contribution in [-0.2, 0) is 23.7 Å². The van der Waals surface area contributed by atoms with Gasteiger partial charge in [0.25, 0.3) is 0 Å². The first-order valence-corrected chi connectivity index (χ1v) is 18.9. The van der Waals surface area contributed by atoms with E-state index in [1.54, 1.807) is 13.8 Å². The second kappa shape index (κ2) is 10.6. The number of carbonyl (C=O) groups is 1. The Labute approximate surface area is 281 Å². The molecule has 0 bridgehead atoms. The number of nitrogens with zero attached hydrogens (tertiary/aromatic N) is 1. The van der Waals surface area contributed by atoms with Gasteiger partial charge in [0.2, 0.25) is 0 Å². The molecule has 0 aromatic rings. The average Bonchev–Trinajstić information content (AvgIpc) is 3.41. The van der Waals surface area contributed by atoms with Gasteiger partial charge in [-0.25, -0.2) is 0 Å². The minimum absolute atomic E-state index is 0.00728. The molecule has 3 N–H and O–H groups in total. The molecule has 3 heterocycles. The number of aliphatic hydroxyl groups is 3. The molecule has 0 aromatic heterocycles. The van der Waals surface area contributed by atoms with Crippen molar-refractivity contribution in [3.63, 3.8) is 0 Å². The smallest absolute Gasteiger partial charge is 0.323 e. The summed E-state index contributed by atoms with van der Waals surface area (Å²) < 4.78 is 24.9. The number of fused-ring (bicyclic) bond motifs is 4. The molecule has 266 valence electrons. The summed E-state index contributed by atoms with van der Waals surface area (Å²) in [5.41, 5.74) is -1.04. The molecule has 3 aliphatic heterocycles. The highest BCUT2D eigenvalue weighted by molar-refractivity contribution is 5.77. The largest absolute Gasteiger partial charge is 0.464 e. The summed E-state index contributed by atoms with van der Waals surface area (Å²) >= 11 is 0. The first-order valence-electron chi connectivity index (χ1n) is 18.9. The highest BCUT2D eigenvalue weighted by Gasteiger charge is 2.84. The fourth-order valence-corrected chi connectivity index (χ4v) is 14.2. The number of cyclic esters (lactones) is 1. The molecule has 8 rings (SSSR count). The normalized spacial score (nSPS) is 54.4. The summed E-state index contributed by atoms with van der Waals surface area (Å²) in [6, 6.07) is -0.173. The van der Waals surface area contributed by atoms with Crippen LogP contribution in [0.1, 0.15) is 106 Å². The Balaban J connectivity index is 1.02. The third kappa shape index (κ3) is 4.35. The van der Waals surface area contributed by atoms with Crippen LogP contribution in [0.15, 0.2) is 0 Å². The van der Waals surface area contributed by atoms with Crippen molar-refractivity contribution in [1.82, 2.24) is 4.90 Å². The van der Waals surface area contributed by atoms with Crippen molar-refractivity contribution >= 4 is 5.97 Å². The van der Waals surface area contributed by atoms with Crippen LogP contribution in [0.25, 0.3) is 0 Å². The molecule has 15 atom stereocenters.